The first-order valence-corrected chi connectivity index (χ1v) is 6.88. The van der Waals surface area contributed by atoms with Gasteiger partial charge in [-0.25, -0.2) is 4.98 Å². The summed E-state index contributed by atoms with van der Waals surface area (Å²) in [5.74, 6) is 0. The van der Waals surface area contributed by atoms with Gasteiger partial charge in [-0.15, -0.1) is 11.3 Å². The number of aromatic nitrogens is 1. The molecule has 1 aromatic carbocycles. The minimum atomic E-state index is 0.837. The summed E-state index contributed by atoms with van der Waals surface area (Å²) in [6.45, 7) is 3.02. The van der Waals surface area contributed by atoms with Gasteiger partial charge in [-0.1, -0.05) is 31.2 Å². The van der Waals surface area contributed by atoms with Crippen LogP contribution < -0.4 is 5.32 Å². The summed E-state index contributed by atoms with van der Waals surface area (Å²) in [4.78, 5) is 4.31. The molecule has 1 aromatic heterocycles. The van der Waals surface area contributed by atoms with E-state index in [-0.39, 0.29) is 0 Å². The SMILES string of the molecule is CCc1ccccc1CNc1nc(Br)cs1. The molecule has 2 aromatic rings. The largest absolute Gasteiger partial charge is 0.357 e. The van der Waals surface area contributed by atoms with Gasteiger partial charge in [0.1, 0.15) is 4.60 Å². The van der Waals surface area contributed by atoms with Crippen molar-refractivity contribution >= 4 is 32.4 Å². The van der Waals surface area contributed by atoms with E-state index in [1.165, 1.54) is 11.1 Å². The Bertz CT molecular complexity index is 468. The molecule has 0 atom stereocenters. The van der Waals surface area contributed by atoms with E-state index in [0.29, 0.717) is 0 Å². The first-order valence-electron chi connectivity index (χ1n) is 5.21. The van der Waals surface area contributed by atoms with E-state index >= 15 is 0 Å². The fraction of sp³-hybridized carbons (Fsp3) is 0.250. The Balaban J connectivity index is 2.04. The van der Waals surface area contributed by atoms with Crippen molar-refractivity contribution < 1.29 is 0 Å². The van der Waals surface area contributed by atoms with Gasteiger partial charge in [0, 0.05) is 11.9 Å². The van der Waals surface area contributed by atoms with Gasteiger partial charge in [0.2, 0.25) is 0 Å². The topological polar surface area (TPSA) is 24.9 Å². The van der Waals surface area contributed by atoms with Gasteiger partial charge in [-0.2, -0.15) is 0 Å². The summed E-state index contributed by atoms with van der Waals surface area (Å²) >= 11 is 4.96. The highest BCUT2D eigenvalue weighted by atomic mass is 79.9. The van der Waals surface area contributed by atoms with Gasteiger partial charge in [-0.3, -0.25) is 0 Å². The lowest BCUT2D eigenvalue weighted by Gasteiger charge is -2.07. The average molecular weight is 297 g/mol. The maximum atomic E-state index is 4.31. The van der Waals surface area contributed by atoms with Gasteiger partial charge >= 0.3 is 0 Å². The third-order valence-corrected chi connectivity index (χ3v) is 3.91. The molecule has 0 unspecified atom stereocenters. The molecule has 16 heavy (non-hydrogen) atoms. The monoisotopic (exact) mass is 296 g/mol. The van der Waals surface area contributed by atoms with Crippen molar-refractivity contribution in [3.8, 4) is 0 Å². The Hall–Kier alpha value is -0.870. The van der Waals surface area contributed by atoms with Crippen LogP contribution in [-0.2, 0) is 13.0 Å². The molecule has 0 spiro atoms. The normalized spacial score (nSPS) is 10.4. The van der Waals surface area contributed by atoms with Crippen molar-refractivity contribution in [3.05, 3.63) is 45.4 Å². The van der Waals surface area contributed by atoms with Crippen LogP contribution in [-0.4, -0.2) is 4.98 Å². The van der Waals surface area contributed by atoms with Crippen LogP contribution in [0, 0.1) is 0 Å². The summed E-state index contributed by atoms with van der Waals surface area (Å²) in [5.41, 5.74) is 2.74. The van der Waals surface area contributed by atoms with Crippen LogP contribution in [0.1, 0.15) is 18.1 Å². The molecular formula is C12H13BrN2S. The highest BCUT2D eigenvalue weighted by Crippen LogP contribution is 2.20. The lowest BCUT2D eigenvalue weighted by molar-refractivity contribution is 1.04. The fourth-order valence-electron chi connectivity index (χ4n) is 1.58. The minimum absolute atomic E-state index is 0.837. The summed E-state index contributed by atoms with van der Waals surface area (Å²) in [5, 5.41) is 6.27. The fourth-order valence-corrected chi connectivity index (χ4v) is 2.72. The zero-order valence-corrected chi connectivity index (χ0v) is 11.4. The van der Waals surface area contributed by atoms with Crippen LogP contribution >= 0.6 is 27.3 Å². The quantitative estimate of drug-likeness (QED) is 0.919. The molecule has 2 rings (SSSR count). The van der Waals surface area contributed by atoms with E-state index in [1.54, 1.807) is 11.3 Å². The van der Waals surface area contributed by atoms with E-state index in [0.717, 1.165) is 22.7 Å². The Morgan fingerprint density at radius 2 is 2.06 bits per heavy atom. The van der Waals surface area contributed by atoms with E-state index in [4.69, 9.17) is 0 Å². The molecule has 0 saturated heterocycles. The number of hydrogen-bond donors (Lipinski definition) is 1. The molecule has 0 bridgehead atoms. The number of halogens is 1. The number of anilines is 1. The number of benzene rings is 1. The summed E-state index contributed by atoms with van der Waals surface area (Å²) in [6.07, 6.45) is 1.07. The summed E-state index contributed by atoms with van der Waals surface area (Å²) in [7, 11) is 0. The number of nitrogens with one attached hydrogen (secondary N) is 1. The second-order valence-electron chi connectivity index (χ2n) is 3.45. The predicted molar refractivity (Wildman–Crippen MR) is 73.0 cm³/mol. The molecule has 0 aliphatic heterocycles. The maximum absolute atomic E-state index is 4.31. The lowest BCUT2D eigenvalue weighted by Crippen LogP contribution is -2.01. The maximum Gasteiger partial charge on any atom is 0.184 e. The molecule has 84 valence electrons. The van der Waals surface area contributed by atoms with Crippen molar-refractivity contribution in [1.82, 2.24) is 4.98 Å². The molecule has 0 aliphatic rings. The van der Waals surface area contributed by atoms with E-state index < -0.39 is 0 Å². The first kappa shape index (κ1) is 11.6. The summed E-state index contributed by atoms with van der Waals surface area (Å²) in [6, 6.07) is 8.50. The highest BCUT2D eigenvalue weighted by molar-refractivity contribution is 9.10. The van der Waals surface area contributed by atoms with E-state index in [2.05, 4.69) is 57.4 Å². The molecule has 0 fully saturated rings. The molecule has 1 N–H and O–H groups in total. The van der Waals surface area contributed by atoms with Crippen LogP contribution in [0.3, 0.4) is 0 Å². The standard InChI is InChI=1S/C12H13BrN2S/c1-2-9-5-3-4-6-10(9)7-14-12-15-11(13)8-16-12/h3-6,8H,2,7H2,1H3,(H,14,15). The van der Waals surface area contributed by atoms with Crippen LogP contribution in [0.4, 0.5) is 5.13 Å². The number of aryl methyl sites for hydroxylation is 1. The molecular weight excluding hydrogens is 284 g/mol. The number of nitrogens with zero attached hydrogens (tertiary/aromatic N) is 1. The third-order valence-electron chi connectivity index (χ3n) is 2.41. The first-order chi connectivity index (χ1) is 7.79. The van der Waals surface area contributed by atoms with Crippen LogP contribution in [0.2, 0.25) is 0 Å². The average Bonchev–Trinajstić information content (AvgIpc) is 2.73. The Kier molecular flexibility index (Phi) is 3.96. The van der Waals surface area contributed by atoms with Crippen molar-refractivity contribution in [2.24, 2.45) is 0 Å². The van der Waals surface area contributed by atoms with Gasteiger partial charge < -0.3 is 5.32 Å². The third kappa shape index (κ3) is 2.83. The van der Waals surface area contributed by atoms with Crippen molar-refractivity contribution in [1.29, 1.82) is 0 Å². The molecule has 0 amide bonds. The van der Waals surface area contributed by atoms with Gasteiger partial charge in [0.15, 0.2) is 5.13 Å². The Labute approximate surface area is 108 Å². The second-order valence-corrected chi connectivity index (χ2v) is 5.12. The smallest absolute Gasteiger partial charge is 0.184 e. The predicted octanol–water partition coefficient (Wildman–Crippen LogP) is 4.08. The highest BCUT2D eigenvalue weighted by Gasteiger charge is 2.01. The molecule has 0 radical (unpaired) electrons. The van der Waals surface area contributed by atoms with Crippen LogP contribution in [0.5, 0.6) is 0 Å². The number of thiazole rings is 1. The molecule has 4 heteroatoms. The second kappa shape index (κ2) is 5.46. The van der Waals surface area contributed by atoms with Gasteiger partial charge in [-0.05, 0) is 33.5 Å². The van der Waals surface area contributed by atoms with Crippen LogP contribution in [0.15, 0.2) is 34.2 Å². The van der Waals surface area contributed by atoms with Crippen molar-refractivity contribution in [2.45, 2.75) is 19.9 Å². The number of rotatable bonds is 4. The lowest BCUT2D eigenvalue weighted by atomic mass is 10.1. The zero-order valence-electron chi connectivity index (χ0n) is 9.03. The Morgan fingerprint density at radius 3 is 2.69 bits per heavy atom. The van der Waals surface area contributed by atoms with Crippen molar-refractivity contribution in [2.75, 3.05) is 5.32 Å². The van der Waals surface area contributed by atoms with Crippen LogP contribution in [0.25, 0.3) is 0 Å². The van der Waals surface area contributed by atoms with Gasteiger partial charge in [0.25, 0.3) is 0 Å². The molecule has 1 heterocycles. The van der Waals surface area contributed by atoms with E-state index in [1.807, 2.05) is 5.38 Å². The zero-order chi connectivity index (χ0) is 11.4. The Morgan fingerprint density at radius 1 is 1.31 bits per heavy atom. The van der Waals surface area contributed by atoms with E-state index in [9.17, 15) is 0 Å². The molecule has 2 nitrogen and oxygen atoms in total. The summed E-state index contributed by atoms with van der Waals surface area (Å²) < 4.78 is 0.892. The van der Waals surface area contributed by atoms with Gasteiger partial charge in [0.05, 0.1) is 0 Å². The molecule has 0 aliphatic carbocycles. The molecule has 0 saturated carbocycles. The van der Waals surface area contributed by atoms with Crippen molar-refractivity contribution in [3.63, 3.8) is 0 Å². The minimum Gasteiger partial charge on any atom is -0.357 e. The number of hydrogen-bond acceptors (Lipinski definition) is 3.